The lowest BCUT2D eigenvalue weighted by Crippen LogP contribution is -2.42. The van der Waals surface area contributed by atoms with Crippen LogP contribution in [0.3, 0.4) is 0 Å². The molecule has 4 nitrogen and oxygen atoms in total. The number of rotatable bonds is 5. The number of nitrogens with one attached hydrogen (secondary N) is 1. The fourth-order valence-electron chi connectivity index (χ4n) is 1.51. The normalized spacial score (nSPS) is 14.3. The summed E-state index contributed by atoms with van der Waals surface area (Å²) >= 11 is 0. The summed E-state index contributed by atoms with van der Waals surface area (Å²) in [6.45, 7) is 4.53. The van der Waals surface area contributed by atoms with Gasteiger partial charge in [-0.25, -0.2) is 9.67 Å². The summed E-state index contributed by atoms with van der Waals surface area (Å²) in [6, 6.07) is -1.59. The van der Waals surface area contributed by atoms with Gasteiger partial charge in [0.1, 0.15) is 18.2 Å². The second-order valence-electron chi connectivity index (χ2n) is 4.34. The Bertz CT molecular complexity index is 346. The van der Waals surface area contributed by atoms with Crippen molar-refractivity contribution in [1.82, 2.24) is 20.1 Å². The van der Waals surface area contributed by atoms with Crippen molar-refractivity contribution in [3.63, 3.8) is 0 Å². The molecule has 1 heterocycles. The summed E-state index contributed by atoms with van der Waals surface area (Å²) in [4.78, 5) is 3.88. The smallest absolute Gasteiger partial charge is 0.309 e. The average Bonchev–Trinajstić information content (AvgIpc) is 2.59. The lowest BCUT2D eigenvalue weighted by atomic mass is 10.2. The molecule has 17 heavy (non-hydrogen) atoms. The van der Waals surface area contributed by atoms with Crippen molar-refractivity contribution in [3.8, 4) is 0 Å². The predicted octanol–water partition coefficient (Wildman–Crippen LogP) is 1.63. The highest BCUT2D eigenvalue weighted by molar-refractivity contribution is 4.92. The predicted molar refractivity (Wildman–Crippen MR) is 57.5 cm³/mol. The van der Waals surface area contributed by atoms with E-state index < -0.39 is 12.2 Å². The maximum atomic E-state index is 12.6. The second-order valence-corrected chi connectivity index (χ2v) is 4.34. The van der Waals surface area contributed by atoms with Crippen LogP contribution in [-0.4, -0.2) is 34.0 Å². The van der Waals surface area contributed by atoms with Gasteiger partial charge in [0.15, 0.2) is 0 Å². The van der Waals surface area contributed by atoms with E-state index in [9.17, 15) is 13.2 Å². The van der Waals surface area contributed by atoms with E-state index in [4.69, 9.17) is 0 Å². The van der Waals surface area contributed by atoms with Crippen LogP contribution in [0, 0.1) is 5.92 Å². The van der Waals surface area contributed by atoms with Gasteiger partial charge in [0, 0.05) is 13.0 Å². The number of likely N-dealkylation sites (N-methyl/N-ethyl adjacent to an activating group) is 1. The Hall–Kier alpha value is -1.11. The second kappa shape index (κ2) is 5.48. The highest BCUT2D eigenvalue weighted by atomic mass is 19.4. The van der Waals surface area contributed by atoms with Crippen LogP contribution in [0.2, 0.25) is 0 Å². The molecule has 0 fully saturated rings. The first-order chi connectivity index (χ1) is 7.84. The maximum Gasteiger partial charge on any atom is 0.404 e. The van der Waals surface area contributed by atoms with Crippen LogP contribution in [0.15, 0.2) is 6.33 Å². The third-order valence-corrected chi connectivity index (χ3v) is 2.36. The minimum Gasteiger partial charge on any atom is -0.309 e. The van der Waals surface area contributed by atoms with Gasteiger partial charge in [0.2, 0.25) is 0 Å². The summed E-state index contributed by atoms with van der Waals surface area (Å²) < 4.78 is 39.3. The SMILES string of the molecule is CNC(Cc1ncnn1CC(C)C)C(F)(F)F. The third-order valence-electron chi connectivity index (χ3n) is 2.36. The third kappa shape index (κ3) is 3.99. The lowest BCUT2D eigenvalue weighted by molar-refractivity contribution is -0.154. The zero-order valence-electron chi connectivity index (χ0n) is 10.1. The summed E-state index contributed by atoms with van der Waals surface area (Å²) in [5.41, 5.74) is 0. The first kappa shape index (κ1) is 14.0. The van der Waals surface area contributed by atoms with E-state index in [0.717, 1.165) is 0 Å². The monoisotopic (exact) mass is 250 g/mol. The van der Waals surface area contributed by atoms with Gasteiger partial charge in [-0.3, -0.25) is 0 Å². The zero-order chi connectivity index (χ0) is 13.1. The van der Waals surface area contributed by atoms with Crippen molar-refractivity contribution < 1.29 is 13.2 Å². The molecule has 1 atom stereocenters. The number of hydrogen-bond donors (Lipinski definition) is 1. The van der Waals surface area contributed by atoms with Gasteiger partial charge in [-0.2, -0.15) is 18.3 Å². The van der Waals surface area contributed by atoms with Gasteiger partial charge in [-0.05, 0) is 13.0 Å². The Balaban J connectivity index is 2.76. The quantitative estimate of drug-likeness (QED) is 0.863. The van der Waals surface area contributed by atoms with Crippen molar-refractivity contribution in [3.05, 3.63) is 12.2 Å². The van der Waals surface area contributed by atoms with Crippen LogP contribution in [0.1, 0.15) is 19.7 Å². The molecule has 0 aliphatic heterocycles. The van der Waals surface area contributed by atoms with Crippen LogP contribution in [0.5, 0.6) is 0 Å². The molecular formula is C10H17F3N4. The topological polar surface area (TPSA) is 42.7 Å². The van der Waals surface area contributed by atoms with E-state index >= 15 is 0 Å². The van der Waals surface area contributed by atoms with Gasteiger partial charge < -0.3 is 5.32 Å². The van der Waals surface area contributed by atoms with Crippen molar-refractivity contribution in [2.75, 3.05) is 7.05 Å². The van der Waals surface area contributed by atoms with E-state index in [2.05, 4.69) is 15.4 Å². The Morgan fingerprint density at radius 3 is 2.53 bits per heavy atom. The first-order valence-electron chi connectivity index (χ1n) is 5.45. The molecule has 0 aromatic carbocycles. The molecule has 0 aliphatic carbocycles. The minimum atomic E-state index is -4.27. The fourth-order valence-corrected chi connectivity index (χ4v) is 1.51. The van der Waals surface area contributed by atoms with E-state index in [1.165, 1.54) is 18.1 Å². The first-order valence-corrected chi connectivity index (χ1v) is 5.45. The van der Waals surface area contributed by atoms with Crippen LogP contribution < -0.4 is 5.32 Å². The minimum absolute atomic E-state index is 0.202. The molecule has 0 saturated carbocycles. The Morgan fingerprint density at radius 2 is 2.06 bits per heavy atom. The molecule has 7 heteroatoms. The number of aromatic nitrogens is 3. The fraction of sp³-hybridized carbons (Fsp3) is 0.800. The van der Waals surface area contributed by atoms with Crippen molar-refractivity contribution in [2.45, 2.75) is 39.0 Å². The summed E-state index contributed by atoms with van der Waals surface area (Å²) in [7, 11) is 1.29. The van der Waals surface area contributed by atoms with E-state index in [1.54, 1.807) is 0 Å². The molecule has 1 N–H and O–H groups in total. The average molecular weight is 250 g/mol. The van der Waals surface area contributed by atoms with Crippen molar-refractivity contribution >= 4 is 0 Å². The largest absolute Gasteiger partial charge is 0.404 e. The zero-order valence-corrected chi connectivity index (χ0v) is 10.1. The van der Waals surface area contributed by atoms with Gasteiger partial charge in [-0.15, -0.1) is 0 Å². The molecule has 0 amide bonds. The molecule has 1 rings (SSSR count). The van der Waals surface area contributed by atoms with Crippen LogP contribution >= 0.6 is 0 Å². The number of hydrogen-bond acceptors (Lipinski definition) is 3. The maximum absolute atomic E-state index is 12.6. The molecule has 0 bridgehead atoms. The number of halogens is 3. The summed E-state index contributed by atoms with van der Waals surface area (Å²) in [5.74, 6) is 0.671. The molecule has 0 saturated heterocycles. The lowest BCUT2D eigenvalue weighted by Gasteiger charge is -2.19. The highest BCUT2D eigenvalue weighted by Gasteiger charge is 2.39. The van der Waals surface area contributed by atoms with Crippen molar-refractivity contribution in [2.24, 2.45) is 5.92 Å². The Kier molecular flexibility index (Phi) is 4.50. The molecule has 1 aromatic heterocycles. The number of nitrogens with zero attached hydrogens (tertiary/aromatic N) is 3. The molecule has 0 radical (unpaired) electrons. The van der Waals surface area contributed by atoms with Crippen molar-refractivity contribution in [1.29, 1.82) is 0 Å². The molecular weight excluding hydrogens is 233 g/mol. The molecule has 1 aromatic rings. The highest BCUT2D eigenvalue weighted by Crippen LogP contribution is 2.22. The standard InChI is InChI=1S/C10H17F3N4/c1-7(2)5-17-9(15-6-16-17)4-8(14-3)10(11,12)13/h6-8,14H,4-5H2,1-3H3. The Morgan fingerprint density at radius 1 is 1.41 bits per heavy atom. The Labute approximate surface area is 98.2 Å². The molecule has 1 unspecified atom stereocenters. The summed E-state index contributed by atoms with van der Waals surface area (Å²) in [6.07, 6.45) is -3.18. The van der Waals surface area contributed by atoms with Gasteiger partial charge >= 0.3 is 6.18 Å². The molecule has 98 valence electrons. The van der Waals surface area contributed by atoms with Gasteiger partial charge in [-0.1, -0.05) is 13.8 Å². The van der Waals surface area contributed by atoms with Gasteiger partial charge in [0.05, 0.1) is 0 Å². The van der Waals surface area contributed by atoms with Gasteiger partial charge in [0.25, 0.3) is 0 Å². The molecule has 0 aliphatic rings. The number of alkyl halides is 3. The molecule has 0 spiro atoms. The van der Waals surface area contributed by atoms with Crippen LogP contribution in [0.4, 0.5) is 13.2 Å². The summed E-state index contributed by atoms with van der Waals surface area (Å²) in [5, 5.41) is 6.19. The van der Waals surface area contributed by atoms with E-state index in [1.807, 2.05) is 13.8 Å². The van der Waals surface area contributed by atoms with Crippen LogP contribution in [-0.2, 0) is 13.0 Å². The van der Waals surface area contributed by atoms with E-state index in [0.29, 0.717) is 18.3 Å². The van der Waals surface area contributed by atoms with Crippen LogP contribution in [0.25, 0.3) is 0 Å². The van der Waals surface area contributed by atoms with E-state index in [-0.39, 0.29) is 6.42 Å².